The number of benzene rings is 2. The second kappa shape index (κ2) is 32.8. The highest BCUT2D eigenvalue weighted by atomic mass is 32.2. The van der Waals surface area contributed by atoms with E-state index in [1.807, 2.05) is 69.7 Å². The van der Waals surface area contributed by atoms with E-state index in [1.165, 1.54) is 37.1 Å². The van der Waals surface area contributed by atoms with Crippen LogP contribution < -0.4 is 37.0 Å². The predicted molar refractivity (Wildman–Crippen MR) is 309 cm³/mol. The zero-order valence-electron chi connectivity index (χ0n) is 49.9. The van der Waals surface area contributed by atoms with Crippen molar-refractivity contribution >= 4 is 68.9 Å². The summed E-state index contributed by atoms with van der Waals surface area (Å²) in [7, 11) is -1.54. The Kier molecular flexibility index (Phi) is 27.8. The van der Waals surface area contributed by atoms with Crippen LogP contribution in [0.5, 0.6) is 0 Å². The van der Waals surface area contributed by atoms with Crippen molar-refractivity contribution in [1.29, 1.82) is 0 Å². The van der Waals surface area contributed by atoms with Crippen LogP contribution in [-0.2, 0) is 68.0 Å². The van der Waals surface area contributed by atoms with Crippen LogP contribution in [0.1, 0.15) is 100 Å². The third-order valence-electron chi connectivity index (χ3n) is 13.9. The first kappa shape index (κ1) is 70.3. The summed E-state index contributed by atoms with van der Waals surface area (Å²) >= 11 is 0. The molecule has 0 fully saturated rings. The van der Waals surface area contributed by atoms with Gasteiger partial charge < -0.3 is 51.4 Å². The van der Waals surface area contributed by atoms with Gasteiger partial charge in [-0.15, -0.1) is 0 Å². The average Bonchev–Trinajstić information content (AvgIpc) is 3.81. The Hall–Kier alpha value is -6.93. The molecule has 0 unspecified atom stereocenters. The van der Waals surface area contributed by atoms with Crippen LogP contribution in [0.25, 0.3) is 0 Å². The molecule has 25 heteroatoms. The number of urea groups is 1. The molecule has 83 heavy (non-hydrogen) atoms. The molecule has 0 aromatic heterocycles. The topological polar surface area (TPSA) is 320 Å². The van der Waals surface area contributed by atoms with Gasteiger partial charge in [-0.3, -0.25) is 43.3 Å². The number of hydrogen-bond acceptors (Lipinski definition) is 15. The van der Waals surface area contributed by atoms with Crippen LogP contribution in [0.2, 0.25) is 0 Å². The fourth-order valence-corrected chi connectivity index (χ4v) is 10.1. The highest BCUT2D eigenvalue weighted by molar-refractivity contribution is 7.90. The predicted octanol–water partition coefficient (Wildman–Crippen LogP) is 3.62. The van der Waals surface area contributed by atoms with Crippen LogP contribution in [0, 0.1) is 29.0 Å². The molecule has 8 N–H and O–H groups in total. The maximum atomic E-state index is 15.8. The third kappa shape index (κ3) is 22.0. The summed E-state index contributed by atoms with van der Waals surface area (Å²) in [5.41, 5.74) is 4.11. The Labute approximate surface area is 487 Å². The van der Waals surface area contributed by atoms with Crippen molar-refractivity contribution in [1.82, 2.24) is 35.8 Å². The zero-order chi connectivity index (χ0) is 62.4. The van der Waals surface area contributed by atoms with E-state index in [-0.39, 0.29) is 83.5 Å². The number of ketones is 1. The summed E-state index contributed by atoms with van der Waals surface area (Å²) in [5.74, 6) is -7.59. The zero-order valence-corrected chi connectivity index (χ0v) is 50.7. The summed E-state index contributed by atoms with van der Waals surface area (Å²) in [5, 5.41) is 13.6. The Bertz CT molecular complexity index is 2750. The van der Waals surface area contributed by atoms with Gasteiger partial charge >= 0.3 is 6.03 Å². The summed E-state index contributed by atoms with van der Waals surface area (Å²) in [6, 6.07) is 7.68. The minimum Gasteiger partial charge on any atom is -0.379 e. The normalized spacial score (nSPS) is 14.9. The molecule has 1 aliphatic heterocycles. The minimum absolute atomic E-state index is 0.000711. The number of nitrogens with two attached hydrogens (primary N) is 1. The van der Waals surface area contributed by atoms with E-state index in [4.69, 9.17) is 19.9 Å². The number of nitrogens with zero attached hydrogens (tertiary/aromatic N) is 2. The molecule has 2 aromatic rings. The number of carbonyl (C=O) groups is 9. The number of halogens is 1. The van der Waals surface area contributed by atoms with Crippen LogP contribution >= 0.6 is 0 Å². The van der Waals surface area contributed by atoms with E-state index in [0.29, 0.717) is 6.07 Å². The maximum Gasteiger partial charge on any atom is 0.312 e. The highest BCUT2D eigenvalue weighted by Crippen LogP contribution is 2.30. The second-order valence-electron chi connectivity index (χ2n) is 22.6. The lowest BCUT2D eigenvalue weighted by Crippen LogP contribution is -2.61. The Morgan fingerprint density at radius 2 is 1.39 bits per heavy atom. The number of likely N-dealkylation sites (N-methyl/N-ethyl adjacent to an activating group) is 2. The van der Waals surface area contributed by atoms with Crippen molar-refractivity contribution in [3.05, 3.63) is 83.7 Å². The van der Waals surface area contributed by atoms with E-state index in [2.05, 4.69) is 26.6 Å². The number of carbonyl (C=O) groups excluding carboxylic acids is 9. The molecule has 3 rings (SSSR count). The van der Waals surface area contributed by atoms with Crippen molar-refractivity contribution in [2.45, 2.75) is 129 Å². The highest BCUT2D eigenvalue weighted by Gasteiger charge is 2.42. The van der Waals surface area contributed by atoms with Gasteiger partial charge in [-0.2, -0.15) is 0 Å². The number of nitrogens with one attached hydrogen (secondary N) is 6. The molecule has 0 saturated heterocycles. The van der Waals surface area contributed by atoms with Crippen molar-refractivity contribution < 1.29 is 70.2 Å². The average molecular weight is 1180 g/mol. The molecule has 0 spiro atoms. The molecule has 0 radical (unpaired) electrons. The molecular formula is C58H86FN9O14S. The quantitative estimate of drug-likeness (QED) is 0.0295. The molecule has 2 aromatic carbocycles. The number of anilines is 1. The lowest BCUT2D eigenvalue weighted by atomic mass is 9.76. The van der Waals surface area contributed by atoms with Crippen molar-refractivity contribution in [3.63, 3.8) is 0 Å². The molecule has 0 saturated carbocycles. The lowest BCUT2D eigenvalue weighted by molar-refractivity contribution is -0.141. The van der Waals surface area contributed by atoms with Gasteiger partial charge in [-0.1, -0.05) is 98.7 Å². The molecule has 460 valence electrons. The van der Waals surface area contributed by atoms with Gasteiger partial charge in [0.05, 0.1) is 74.9 Å². The number of sulfonamides is 1. The molecular weight excluding hydrogens is 1100 g/mol. The first-order valence-electron chi connectivity index (χ1n) is 27.6. The number of imide groups is 1. The van der Waals surface area contributed by atoms with E-state index >= 15 is 4.39 Å². The number of Topliss-reactive ketones (excluding diaryl/α,β-unsaturated/α-hetero) is 1. The van der Waals surface area contributed by atoms with E-state index < -0.39 is 133 Å². The van der Waals surface area contributed by atoms with Gasteiger partial charge in [0.1, 0.15) is 11.9 Å². The maximum absolute atomic E-state index is 15.8. The molecule has 23 nitrogen and oxygen atoms in total. The van der Waals surface area contributed by atoms with Gasteiger partial charge in [-0.25, -0.2) is 22.3 Å². The number of primary amides is 1. The minimum atomic E-state index is -4.74. The Morgan fingerprint density at radius 1 is 0.795 bits per heavy atom. The van der Waals surface area contributed by atoms with E-state index in [0.717, 1.165) is 22.6 Å². The fourth-order valence-electron chi connectivity index (χ4n) is 9.06. The molecule has 0 bridgehead atoms. The Morgan fingerprint density at radius 3 is 1.93 bits per heavy atom. The van der Waals surface area contributed by atoms with Crippen molar-refractivity contribution in [3.8, 4) is 0 Å². The van der Waals surface area contributed by atoms with Gasteiger partial charge in [-0.05, 0) is 67.8 Å². The first-order valence-corrected chi connectivity index (χ1v) is 29.1. The molecule has 0 aliphatic carbocycles. The van der Waals surface area contributed by atoms with Crippen LogP contribution in [0.3, 0.4) is 0 Å². The van der Waals surface area contributed by atoms with E-state index in [1.54, 1.807) is 34.7 Å². The first-order chi connectivity index (χ1) is 38.8. The molecule has 1 aliphatic rings. The Balaban J connectivity index is 1.65. The fraction of sp³-hybridized carbons (Fsp3) is 0.569. The monoisotopic (exact) mass is 1180 g/mol. The molecule has 9 amide bonds. The number of hydrogen-bond donors (Lipinski definition) is 7. The van der Waals surface area contributed by atoms with Gasteiger partial charge in [0.15, 0.2) is 5.78 Å². The number of amides is 9. The molecule has 5 atom stereocenters. The largest absolute Gasteiger partial charge is 0.379 e. The third-order valence-corrected chi connectivity index (χ3v) is 15.3. The van der Waals surface area contributed by atoms with Crippen LogP contribution in [0.15, 0.2) is 77.2 Å². The summed E-state index contributed by atoms with van der Waals surface area (Å²) in [6.45, 7) is 18.8. The van der Waals surface area contributed by atoms with Crippen molar-refractivity contribution in [2.24, 2.45) is 28.9 Å². The van der Waals surface area contributed by atoms with Crippen LogP contribution in [0.4, 0.5) is 14.9 Å². The summed E-state index contributed by atoms with van der Waals surface area (Å²) < 4.78 is 61.2. The van der Waals surface area contributed by atoms with Gasteiger partial charge in [0.25, 0.3) is 27.7 Å². The lowest BCUT2D eigenvalue weighted by Gasteiger charge is -2.40. The second-order valence-corrected chi connectivity index (χ2v) is 24.2. The summed E-state index contributed by atoms with van der Waals surface area (Å²) in [6.07, 6.45) is 3.48. The summed E-state index contributed by atoms with van der Waals surface area (Å²) in [4.78, 5) is 119. The van der Waals surface area contributed by atoms with Crippen molar-refractivity contribution in [2.75, 3.05) is 72.1 Å². The number of rotatable bonds is 35. The smallest absolute Gasteiger partial charge is 0.312 e. The van der Waals surface area contributed by atoms with Crippen LogP contribution in [-0.4, -0.2) is 162 Å². The van der Waals surface area contributed by atoms with Gasteiger partial charge in [0.2, 0.25) is 23.6 Å². The van der Waals surface area contributed by atoms with Gasteiger partial charge in [0, 0.05) is 55.5 Å². The molecule has 1 heterocycles. The van der Waals surface area contributed by atoms with E-state index in [9.17, 15) is 51.6 Å². The SMILES string of the molecule is CN[C@H](C(=O)N[C@H](C(=O)N(C)[C@H](/C=C(\C)C(=O)NS(=O)(=O)c1ccc(NC(=O)[C@H](CCCNC(N)=O)CC(=O)[C@@H](NC(=O)CCOCCOCCOCCN2C(=O)C=CC2=O)C(C)C)c(F)c1)C(C)C)C(C)(C)C)C(C)(C)c1ccccc1. The standard InChI is InChI=1S/C58H86FN9O14S/c1-36(2)44(67(12)55(76)51(57(6,7)8)65-54(75)50(61-11)58(9,10)40-18-14-13-15-19-40)33-38(5)52(73)66-83(78,79)41-20-21-43(42(59)35-41)63-53(74)39(17-16-25-62-56(60)77)34-45(69)49(37(3)4)64-46(70)24-27-80-29-31-82-32-30-81-28-26-68-47(71)22-23-48(68)72/h13-15,18-23,33,35-37,39,44,49-51,61H,16-17,24-32,34H2,1-12H3,(H,63,74)(H,64,70)(H,65,75)(H,66,73)(H3,60,62,77)/b38-33+/t39-,44-,49+,50-,51-/m1/s1. The number of ether oxygens (including phenoxy) is 3.